The van der Waals surface area contributed by atoms with Crippen LogP contribution < -0.4 is 5.73 Å². The van der Waals surface area contributed by atoms with Crippen LogP contribution in [0, 0.1) is 0 Å². The normalized spacial score (nSPS) is 13.5. The summed E-state index contributed by atoms with van der Waals surface area (Å²) in [6, 6.07) is 0. The molecule has 0 atom stereocenters. The van der Waals surface area contributed by atoms with Gasteiger partial charge in [-0.05, 0) is 0 Å². The summed E-state index contributed by atoms with van der Waals surface area (Å²) in [7, 11) is 0. The zero-order valence-corrected chi connectivity index (χ0v) is 7.43. The van der Waals surface area contributed by atoms with Crippen molar-refractivity contribution in [3.8, 4) is 0 Å². The second-order valence-corrected chi connectivity index (χ2v) is 2.75. The van der Waals surface area contributed by atoms with Crippen LogP contribution in [-0.4, -0.2) is 22.5 Å². The van der Waals surface area contributed by atoms with Gasteiger partial charge in [0.15, 0.2) is 0 Å². The Labute approximate surface area is 84.4 Å². The van der Waals surface area contributed by atoms with Gasteiger partial charge in [0.1, 0.15) is 0 Å². The number of halogens is 6. The molecule has 0 aliphatic rings. The fourth-order valence-corrected chi connectivity index (χ4v) is 0.931. The molecule has 0 amide bonds. The quantitative estimate of drug-likeness (QED) is 0.810. The third-order valence-electron chi connectivity index (χ3n) is 1.56. The Balaban J connectivity index is 3.12. The lowest BCUT2D eigenvalue weighted by atomic mass is 10.1. The molecule has 16 heavy (non-hydrogen) atoms. The minimum Gasteiger partial charge on any atom is -0.423 e. The average Bonchev–Trinajstić information content (AvgIpc) is 2.47. The van der Waals surface area contributed by atoms with E-state index in [-0.39, 0.29) is 0 Å². The number of rotatable bonds is 2. The predicted octanol–water partition coefficient (Wildman–Crippen LogP) is 1.74. The molecule has 92 valence electrons. The molecule has 1 aromatic heterocycles. The molecule has 1 heterocycles. The summed E-state index contributed by atoms with van der Waals surface area (Å²) in [5, 5.41) is 5.62. The van der Waals surface area contributed by atoms with Crippen LogP contribution in [0.2, 0.25) is 0 Å². The van der Waals surface area contributed by atoms with E-state index in [1.807, 2.05) is 0 Å². The van der Waals surface area contributed by atoms with Gasteiger partial charge < -0.3 is 10.2 Å². The average molecular weight is 249 g/mol. The second kappa shape index (κ2) is 3.92. The van der Waals surface area contributed by atoms with Gasteiger partial charge in [-0.15, -0.1) is 10.2 Å². The topological polar surface area (TPSA) is 64.9 Å². The summed E-state index contributed by atoms with van der Waals surface area (Å²) in [6.07, 6.45) is -11.1. The highest BCUT2D eigenvalue weighted by atomic mass is 19.4. The van der Waals surface area contributed by atoms with Crippen molar-refractivity contribution in [1.82, 2.24) is 10.2 Å². The van der Waals surface area contributed by atoms with Crippen molar-refractivity contribution < 1.29 is 30.8 Å². The van der Waals surface area contributed by atoms with Crippen molar-refractivity contribution in [1.29, 1.82) is 0 Å². The number of nitrogens with two attached hydrogens (primary N) is 1. The number of aromatic nitrogens is 2. The fourth-order valence-electron chi connectivity index (χ4n) is 0.931. The van der Waals surface area contributed by atoms with Crippen molar-refractivity contribution >= 4 is 0 Å². The van der Waals surface area contributed by atoms with E-state index in [2.05, 4.69) is 14.6 Å². The maximum atomic E-state index is 12.1. The van der Waals surface area contributed by atoms with Crippen molar-refractivity contribution in [3.63, 3.8) is 0 Å². The summed E-state index contributed by atoms with van der Waals surface area (Å²) in [4.78, 5) is 0. The van der Waals surface area contributed by atoms with Crippen LogP contribution in [0.15, 0.2) is 4.42 Å². The number of hydrogen-bond acceptors (Lipinski definition) is 4. The van der Waals surface area contributed by atoms with E-state index < -0.39 is 36.6 Å². The molecular formula is C6H5F6N3O. The number of nitrogens with zero attached hydrogens (tertiary/aromatic N) is 2. The molecule has 0 bridgehead atoms. The summed E-state index contributed by atoms with van der Waals surface area (Å²) in [5.74, 6) is -5.83. The van der Waals surface area contributed by atoms with E-state index in [0.29, 0.717) is 0 Å². The first-order valence-electron chi connectivity index (χ1n) is 3.82. The van der Waals surface area contributed by atoms with Crippen molar-refractivity contribution in [2.75, 3.05) is 0 Å². The van der Waals surface area contributed by atoms with Crippen LogP contribution in [-0.2, 0) is 6.54 Å². The SMILES string of the molecule is NCc1nnc(C(C(F)(F)F)C(F)(F)F)o1. The Kier molecular flexibility index (Phi) is 3.13. The molecule has 0 aliphatic carbocycles. The minimum absolute atomic E-state index is 0.435. The van der Waals surface area contributed by atoms with Crippen LogP contribution >= 0.6 is 0 Å². The van der Waals surface area contributed by atoms with E-state index >= 15 is 0 Å². The van der Waals surface area contributed by atoms with Gasteiger partial charge in [-0.3, -0.25) is 0 Å². The van der Waals surface area contributed by atoms with Gasteiger partial charge in [-0.2, -0.15) is 26.3 Å². The van der Waals surface area contributed by atoms with Crippen LogP contribution in [0.5, 0.6) is 0 Å². The summed E-state index contributed by atoms with van der Waals surface area (Å²) >= 11 is 0. The van der Waals surface area contributed by atoms with Crippen LogP contribution in [0.1, 0.15) is 17.7 Å². The Morgan fingerprint density at radius 2 is 1.56 bits per heavy atom. The number of alkyl halides is 6. The van der Waals surface area contributed by atoms with Crippen LogP contribution in [0.3, 0.4) is 0 Å². The van der Waals surface area contributed by atoms with Crippen molar-refractivity contribution in [3.05, 3.63) is 11.8 Å². The van der Waals surface area contributed by atoms with Gasteiger partial charge in [-0.25, -0.2) is 0 Å². The first-order chi connectivity index (χ1) is 7.16. The first kappa shape index (κ1) is 12.7. The molecular weight excluding hydrogens is 244 g/mol. The van der Waals surface area contributed by atoms with E-state index in [4.69, 9.17) is 5.73 Å². The second-order valence-electron chi connectivity index (χ2n) is 2.75. The van der Waals surface area contributed by atoms with E-state index in [9.17, 15) is 26.3 Å². The monoisotopic (exact) mass is 249 g/mol. The molecule has 0 aromatic carbocycles. The molecule has 1 rings (SSSR count). The molecule has 2 N–H and O–H groups in total. The molecule has 0 aliphatic heterocycles. The molecule has 0 saturated heterocycles. The van der Waals surface area contributed by atoms with Gasteiger partial charge in [0, 0.05) is 0 Å². The number of hydrogen-bond donors (Lipinski definition) is 1. The van der Waals surface area contributed by atoms with E-state index in [1.54, 1.807) is 0 Å². The van der Waals surface area contributed by atoms with Gasteiger partial charge in [0.05, 0.1) is 6.54 Å². The van der Waals surface area contributed by atoms with Gasteiger partial charge >= 0.3 is 12.4 Å². The maximum Gasteiger partial charge on any atom is 0.409 e. The summed E-state index contributed by atoms with van der Waals surface area (Å²) in [5.41, 5.74) is 4.92. The molecule has 10 heteroatoms. The minimum atomic E-state index is -5.54. The molecule has 0 unspecified atom stereocenters. The predicted molar refractivity (Wildman–Crippen MR) is 37.0 cm³/mol. The lowest BCUT2D eigenvalue weighted by Gasteiger charge is -2.19. The largest absolute Gasteiger partial charge is 0.423 e. The summed E-state index contributed by atoms with van der Waals surface area (Å²) in [6.45, 7) is -0.435. The Morgan fingerprint density at radius 3 is 1.88 bits per heavy atom. The van der Waals surface area contributed by atoms with E-state index in [0.717, 1.165) is 0 Å². The zero-order chi connectivity index (χ0) is 12.6. The lowest BCUT2D eigenvalue weighted by Crippen LogP contribution is -2.34. The van der Waals surface area contributed by atoms with Crippen LogP contribution in [0.25, 0.3) is 0 Å². The smallest absolute Gasteiger partial charge is 0.409 e. The third kappa shape index (κ3) is 2.62. The molecule has 1 aromatic rings. The molecule has 0 saturated carbocycles. The van der Waals surface area contributed by atoms with Crippen molar-refractivity contribution in [2.45, 2.75) is 24.8 Å². The highest BCUT2D eigenvalue weighted by molar-refractivity contribution is 5.00. The molecule has 4 nitrogen and oxygen atoms in total. The Hall–Kier alpha value is -1.32. The fraction of sp³-hybridized carbons (Fsp3) is 0.667. The molecule has 0 spiro atoms. The maximum absolute atomic E-state index is 12.1. The van der Waals surface area contributed by atoms with Gasteiger partial charge in [0.25, 0.3) is 0 Å². The standard InChI is InChI=1S/C6H5F6N3O/c7-5(8,9)3(6(10,11)12)4-15-14-2(1-13)16-4/h3H,1,13H2. The summed E-state index contributed by atoms with van der Waals surface area (Å²) < 4.78 is 77.0. The third-order valence-corrected chi connectivity index (χ3v) is 1.56. The Bertz CT molecular complexity index is 342. The van der Waals surface area contributed by atoms with Crippen LogP contribution in [0.4, 0.5) is 26.3 Å². The van der Waals surface area contributed by atoms with E-state index in [1.165, 1.54) is 0 Å². The first-order valence-corrected chi connectivity index (χ1v) is 3.82. The van der Waals surface area contributed by atoms with Gasteiger partial charge in [0.2, 0.25) is 17.7 Å². The zero-order valence-electron chi connectivity index (χ0n) is 7.43. The molecule has 0 radical (unpaired) electrons. The molecule has 0 fully saturated rings. The highest BCUT2D eigenvalue weighted by Gasteiger charge is 2.60. The highest BCUT2D eigenvalue weighted by Crippen LogP contribution is 2.45. The lowest BCUT2D eigenvalue weighted by molar-refractivity contribution is -0.258. The van der Waals surface area contributed by atoms with Crippen molar-refractivity contribution in [2.24, 2.45) is 5.73 Å². The Morgan fingerprint density at radius 1 is 1.06 bits per heavy atom. The van der Waals surface area contributed by atoms with Gasteiger partial charge in [-0.1, -0.05) is 0 Å².